The Morgan fingerprint density at radius 2 is 1.96 bits per heavy atom. The molecule has 0 radical (unpaired) electrons. The topological polar surface area (TPSA) is 73.3 Å². The number of benzene rings is 2. The van der Waals surface area contributed by atoms with Gasteiger partial charge in [0.1, 0.15) is 12.0 Å². The van der Waals surface area contributed by atoms with Crippen LogP contribution in [0, 0.1) is 0 Å². The first-order valence-electron chi connectivity index (χ1n) is 8.49. The first-order chi connectivity index (χ1) is 12.7. The standard InChI is InChI=1S/C20H19N3O3/c1-2-25-20(24)17-12-26-19(22-17)15-9-7-14(8-10-15)11-23-13-21-16-5-3-4-6-18(16)23/h3-10,12-13,20,24H,2,11H2,1H3. The highest BCUT2D eigenvalue weighted by Gasteiger charge is 2.14. The third-order valence-electron chi connectivity index (χ3n) is 4.18. The minimum atomic E-state index is -1.06. The van der Waals surface area contributed by atoms with Crippen molar-refractivity contribution >= 4 is 11.0 Å². The fourth-order valence-corrected chi connectivity index (χ4v) is 2.86. The van der Waals surface area contributed by atoms with Gasteiger partial charge >= 0.3 is 0 Å². The number of para-hydroxylation sites is 2. The Morgan fingerprint density at radius 3 is 2.77 bits per heavy atom. The average molecular weight is 349 g/mol. The molecule has 0 aliphatic carbocycles. The normalized spacial score (nSPS) is 12.5. The molecule has 4 aromatic rings. The van der Waals surface area contributed by atoms with E-state index in [-0.39, 0.29) is 0 Å². The van der Waals surface area contributed by atoms with Crippen LogP contribution < -0.4 is 0 Å². The summed E-state index contributed by atoms with van der Waals surface area (Å²) >= 11 is 0. The van der Waals surface area contributed by atoms with Crippen LogP contribution >= 0.6 is 0 Å². The number of aliphatic hydroxyl groups excluding tert-OH is 1. The number of nitrogens with zero attached hydrogens (tertiary/aromatic N) is 3. The second-order valence-corrected chi connectivity index (χ2v) is 5.94. The molecule has 6 heteroatoms. The van der Waals surface area contributed by atoms with Gasteiger partial charge in [0.05, 0.1) is 17.4 Å². The number of fused-ring (bicyclic) bond motifs is 1. The van der Waals surface area contributed by atoms with Gasteiger partial charge in [-0.15, -0.1) is 0 Å². The number of hydrogen-bond acceptors (Lipinski definition) is 5. The molecule has 0 saturated heterocycles. The van der Waals surface area contributed by atoms with Crippen molar-refractivity contribution in [2.75, 3.05) is 6.61 Å². The molecule has 1 N–H and O–H groups in total. The van der Waals surface area contributed by atoms with Crippen molar-refractivity contribution in [1.82, 2.24) is 14.5 Å². The van der Waals surface area contributed by atoms with Crippen molar-refractivity contribution in [2.24, 2.45) is 0 Å². The summed E-state index contributed by atoms with van der Waals surface area (Å²) in [5, 5.41) is 9.80. The number of ether oxygens (including phenoxy) is 1. The Labute approximate surface area is 150 Å². The van der Waals surface area contributed by atoms with Crippen LogP contribution in [0.4, 0.5) is 0 Å². The van der Waals surface area contributed by atoms with Crippen LogP contribution in [0.2, 0.25) is 0 Å². The van der Waals surface area contributed by atoms with Crippen molar-refractivity contribution < 1.29 is 14.3 Å². The van der Waals surface area contributed by atoms with Gasteiger partial charge in [0.2, 0.25) is 12.2 Å². The van der Waals surface area contributed by atoms with Crippen LogP contribution in [0.1, 0.15) is 24.5 Å². The van der Waals surface area contributed by atoms with Crippen LogP contribution in [0.5, 0.6) is 0 Å². The van der Waals surface area contributed by atoms with Gasteiger partial charge in [-0.1, -0.05) is 24.3 Å². The summed E-state index contributed by atoms with van der Waals surface area (Å²) in [5.74, 6) is 0.457. The first kappa shape index (κ1) is 16.5. The van der Waals surface area contributed by atoms with Crippen LogP contribution in [0.15, 0.2) is 65.5 Å². The smallest absolute Gasteiger partial charge is 0.226 e. The zero-order valence-corrected chi connectivity index (χ0v) is 14.4. The van der Waals surface area contributed by atoms with Gasteiger partial charge in [-0.05, 0) is 36.8 Å². The molecule has 0 fully saturated rings. The van der Waals surface area contributed by atoms with E-state index in [4.69, 9.17) is 9.15 Å². The molecule has 132 valence electrons. The molecular weight excluding hydrogens is 330 g/mol. The molecule has 2 aromatic heterocycles. The monoisotopic (exact) mass is 349 g/mol. The van der Waals surface area contributed by atoms with Crippen molar-refractivity contribution in [1.29, 1.82) is 0 Å². The molecule has 0 amide bonds. The Hall–Kier alpha value is -2.96. The van der Waals surface area contributed by atoms with Gasteiger partial charge in [-0.2, -0.15) is 0 Å². The molecule has 0 aliphatic heterocycles. The third kappa shape index (κ3) is 3.24. The predicted octanol–water partition coefficient (Wildman–Crippen LogP) is 3.77. The van der Waals surface area contributed by atoms with Crippen LogP contribution in [0.3, 0.4) is 0 Å². The van der Waals surface area contributed by atoms with Crippen LogP contribution in [-0.2, 0) is 11.3 Å². The lowest BCUT2D eigenvalue weighted by Gasteiger charge is -2.06. The number of oxazole rings is 1. The van der Waals surface area contributed by atoms with Gasteiger partial charge in [0, 0.05) is 18.7 Å². The zero-order chi connectivity index (χ0) is 17.9. The van der Waals surface area contributed by atoms with E-state index < -0.39 is 6.29 Å². The number of aromatic nitrogens is 3. The summed E-state index contributed by atoms with van der Waals surface area (Å²) in [5.41, 5.74) is 4.47. The summed E-state index contributed by atoms with van der Waals surface area (Å²) in [4.78, 5) is 8.71. The molecule has 1 unspecified atom stereocenters. The lowest BCUT2D eigenvalue weighted by molar-refractivity contribution is -0.101. The molecule has 1 atom stereocenters. The molecule has 0 spiro atoms. The maximum Gasteiger partial charge on any atom is 0.226 e. The van der Waals surface area contributed by atoms with Gasteiger partial charge in [0.25, 0.3) is 0 Å². The van der Waals surface area contributed by atoms with E-state index in [2.05, 4.69) is 20.6 Å². The van der Waals surface area contributed by atoms with Gasteiger partial charge in [-0.3, -0.25) is 0 Å². The average Bonchev–Trinajstić information content (AvgIpc) is 3.31. The minimum absolute atomic E-state index is 0.371. The summed E-state index contributed by atoms with van der Waals surface area (Å²) in [7, 11) is 0. The molecule has 0 bridgehead atoms. The van der Waals surface area contributed by atoms with Crippen molar-refractivity contribution in [3.8, 4) is 11.5 Å². The lowest BCUT2D eigenvalue weighted by Crippen LogP contribution is -2.02. The highest BCUT2D eigenvalue weighted by atomic mass is 16.6. The fraction of sp³-hybridized carbons (Fsp3) is 0.200. The predicted molar refractivity (Wildman–Crippen MR) is 97.4 cm³/mol. The highest BCUT2D eigenvalue weighted by Crippen LogP contribution is 2.23. The highest BCUT2D eigenvalue weighted by molar-refractivity contribution is 5.75. The van der Waals surface area contributed by atoms with E-state index in [9.17, 15) is 5.11 Å². The second-order valence-electron chi connectivity index (χ2n) is 5.94. The molecule has 0 saturated carbocycles. The van der Waals surface area contributed by atoms with E-state index in [0.717, 1.165) is 28.7 Å². The number of imidazole rings is 1. The molecule has 26 heavy (non-hydrogen) atoms. The largest absolute Gasteiger partial charge is 0.444 e. The Morgan fingerprint density at radius 1 is 1.15 bits per heavy atom. The summed E-state index contributed by atoms with van der Waals surface area (Å²) in [6.07, 6.45) is 2.21. The molecule has 4 rings (SSSR count). The van der Waals surface area contributed by atoms with E-state index in [1.807, 2.05) is 55.7 Å². The lowest BCUT2D eigenvalue weighted by atomic mass is 10.1. The Kier molecular flexibility index (Phi) is 4.51. The van der Waals surface area contributed by atoms with E-state index in [0.29, 0.717) is 18.2 Å². The van der Waals surface area contributed by atoms with E-state index >= 15 is 0 Å². The summed E-state index contributed by atoms with van der Waals surface area (Å²) < 4.78 is 12.7. The maximum atomic E-state index is 9.80. The first-order valence-corrected chi connectivity index (χ1v) is 8.49. The van der Waals surface area contributed by atoms with Crippen molar-refractivity contribution in [2.45, 2.75) is 19.8 Å². The fourth-order valence-electron chi connectivity index (χ4n) is 2.86. The summed E-state index contributed by atoms with van der Waals surface area (Å²) in [6, 6.07) is 16.1. The molecule has 2 aromatic carbocycles. The van der Waals surface area contributed by atoms with Crippen molar-refractivity contribution in [3.05, 3.63) is 72.4 Å². The molecular formula is C20H19N3O3. The summed E-state index contributed by atoms with van der Waals surface area (Å²) in [6.45, 7) is 2.95. The molecule has 6 nitrogen and oxygen atoms in total. The minimum Gasteiger partial charge on any atom is -0.444 e. The Bertz CT molecular complexity index is 1000. The molecule has 2 heterocycles. The number of aliphatic hydroxyl groups is 1. The number of hydrogen-bond donors (Lipinski definition) is 1. The maximum absolute atomic E-state index is 9.80. The van der Waals surface area contributed by atoms with Gasteiger partial charge < -0.3 is 18.8 Å². The van der Waals surface area contributed by atoms with E-state index in [1.54, 1.807) is 0 Å². The van der Waals surface area contributed by atoms with Crippen molar-refractivity contribution in [3.63, 3.8) is 0 Å². The van der Waals surface area contributed by atoms with Crippen LogP contribution in [0.25, 0.3) is 22.5 Å². The zero-order valence-electron chi connectivity index (χ0n) is 14.4. The SMILES string of the molecule is CCOC(O)c1coc(-c2ccc(Cn3cnc4ccccc43)cc2)n1. The van der Waals surface area contributed by atoms with Gasteiger partial charge in [-0.25, -0.2) is 9.97 Å². The van der Waals surface area contributed by atoms with Crippen LogP contribution in [-0.4, -0.2) is 26.2 Å². The molecule has 0 aliphatic rings. The quantitative estimate of drug-likeness (QED) is 0.537. The van der Waals surface area contributed by atoms with Gasteiger partial charge in [0.15, 0.2) is 0 Å². The third-order valence-corrected chi connectivity index (χ3v) is 4.18. The Balaban J connectivity index is 1.52. The van der Waals surface area contributed by atoms with E-state index in [1.165, 1.54) is 6.26 Å². The number of rotatable bonds is 6. The second kappa shape index (κ2) is 7.11.